The average molecular weight is 323 g/mol. The van der Waals surface area contributed by atoms with Crippen molar-refractivity contribution < 1.29 is 9.90 Å². The Bertz CT molecular complexity index is 996. The molecule has 0 amide bonds. The van der Waals surface area contributed by atoms with E-state index < -0.39 is 6.10 Å². The summed E-state index contributed by atoms with van der Waals surface area (Å²) >= 11 is 0. The van der Waals surface area contributed by atoms with E-state index in [0.717, 1.165) is 30.9 Å². The van der Waals surface area contributed by atoms with Crippen LogP contribution in [0.15, 0.2) is 35.6 Å². The quantitative estimate of drug-likeness (QED) is 0.577. The van der Waals surface area contributed by atoms with Crippen LogP contribution in [0, 0.1) is 0 Å². The lowest BCUT2D eigenvalue weighted by molar-refractivity contribution is 0.0735. The molecule has 1 fully saturated rings. The first-order valence-electron chi connectivity index (χ1n) is 8.11. The minimum atomic E-state index is -0.536. The molecule has 1 aliphatic rings. The smallest absolute Gasteiger partial charge is 0.261 e. The fraction of sp³-hybridized carbons (Fsp3) is 0.333. The molecule has 6 nitrogen and oxygen atoms in total. The van der Waals surface area contributed by atoms with Gasteiger partial charge in [0.2, 0.25) is 0 Å². The molecule has 0 radical (unpaired) electrons. The third kappa shape index (κ3) is 2.22. The van der Waals surface area contributed by atoms with Gasteiger partial charge in [-0.05, 0) is 25.0 Å². The maximum Gasteiger partial charge on any atom is 0.261 e. The molecule has 2 aromatic heterocycles. The van der Waals surface area contributed by atoms with Gasteiger partial charge in [0, 0.05) is 28.7 Å². The molecule has 24 heavy (non-hydrogen) atoms. The van der Waals surface area contributed by atoms with E-state index in [-0.39, 0.29) is 11.6 Å². The first kappa shape index (κ1) is 15.0. The van der Waals surface area contributed by atoms with Crippen LogP contribution in [-0.2, 0) is 0 Å². The van der Waals surface area contributed by atoms with Crippen LogP contribution in [0.5, 0.6) is 0 Å². The number of carbonyl (C=O) groups excluding carboxylic acids is 1. The van der Waals surface area contributed by atoms with Crippen LogP contribution < -0.4 is 5.56 Å². The van der Waals surface area contributed by atoms with Crippen LogP contribution >= 0.6 is 0 Å². The van der Waals surface area contributed by atoms with Gasteiger partial charge in [-0.3, -0.25) is 19.1 Å². The molecule has 1 aromatic carbocycles. The molecule has 0 bridgehead atoms. The zero-order valence-electron chi connectivity index (χ0n) is 13.1. The van der Waals surface area contributed by atoms with Crippen molar-refractivity contribution >= 4 is 28.0 Å². The van der Waals surface area contributed by atoms with Crippen LogP contribution in [0.25, 0.3) is 21.7 Å². The first-order chi connectivity index (χ1) is 11.7. The molecule has 122 valence electrons. The number of nitrogens with zero attached hydrogens (tertiary/aromatic N) is 3. The third-order valence-electron chi connectivity index (χ3n) is 4.90. The summed E-state index contributed by atoms with van der Waals surface area (Å²) in [6.07, 6.45) is 8.34. The number of fused-ring (bicyclic) bond motifs is 3. The van der Waals surface area contributed by atoms with Gasteiger partial charge in [-0.25, -0.2) is 4.98 Å². The Morgan fingerprint density at radius 1 is 1.21 bits per heavy atom. The van der Waals surface area contributed by atoms with Gasteiger partial charge < -0.3 is 5.11 Å². The van der Waals surface area contributed by atoms with Gasteiger partial charge in [-0.2, -0.15) is 0 Å². The number of hydrogen-bond acceptors (Lipinski definition) is 5. The molecule has 6 heteroatoms. The maximum absolute atomic E-state index is 13.0. The standard InChI is InChI=1S/C18H17N3O3/c22-9-11-7-13-17(12-5-6-19-8-14(11)12)20-10-21(18(13)24)15-3-1-2-4-16(15)23/h5-10,15-16,23H,1-4H2/t15-,16-/m0/s1. The van der Waals surface area contributed by atoms with Gasteiger partial charge in [0.15, 0.2) is 6.29 Å². The Balaban J connectivity index is 2.01. The van der Waals surface area contributed by atoms with E-state index in [2.05, 4.69) is 9.97 Å². The number of rotatable bonds is 2. The molecule has 0 spiro atoms. The fourth-order valence-corrected chi connectivity index (χ4v) is 3.64. The molecule has 1 aliphatic carbocycles. The van der Waals surface area contributed by atoms with Crippen LogP contribution in [0.4, 0.5) is 0 Å². The number of benzene rings is 1. The largest absolute Gasteiger partial charge is 0.391 e. The highest BCUT2D eigenvalue weighted by Gasteiger charge is 2.26. The molecule has 0 unspecified atom stereocenters. The van der Waals surface area contributed by atoms with Crippen LogP contribution in [0.2, 0.25) is 0 Å². The second kappa shape index (κ2) is 5.79. The van der Waals surface area contributed by atoms with E-state index in [1.54, 1.807) is 24.5 Å². The summed E-state index contributed by atoms with van der Waals surface area (Å²) in [6.45, 7) is 0. The highest BCUT2D eigenvalue weighted by molar-refractivity contribution is 6.11. The Labute approximate surface area is 137 Å². The van der Waals surface area contributed by atoms with Crippen LogP contribution in [-0.4, -0.2) is 32.0 Å². The van der Waals surface area contributed by atoms with Crippen LogP contribution in [0.3, 0.4) is 0 Å². The first-order valence-corrected chi connectivity index (χ1v) is 8.11. The molecular formula is C18H17N3O3. The fourth-order valence-electron chi connectivity index (χ4n) is 3.64. The van der Waals surface area contributed by atoms with Gasteiger partial charge in [0.25, 0.3) is 5.56 Å². The zero-order chi connectivity index (χ0) is 16.7. The summed E-state index contributed by atoms with van der Waals surface area (Å²) in [5, 5.41) is 12.1. The van der Waals surface area contributed by atoms with Gasteiger partial charge in [-0.1, -0.05) is 12.8 Å². The highest BCUT2D eigenvalue weighted by atomic mass is 16.3. The summed E-state index contributed by atoms with van der Waals surface area (Å²) < 4.78 is 1.52. The maximum atomic E-state index is 13.0. The molecule has 0 aliphatic heterocycles. The van der Waals surface area contributed by atoms with E-state index in [1.165, 1.54) is 10.9 Å². The summed E-state index contributed by atoms with van der Waals surface area (Å²) in [7, 11) is 0. The minimum Gasteiger partial charge on any atom is -0.391 e. The van der Waals surface area contributed by atoms with E-state index in [4.69, 9.17) is 0 Å². The van der Waals surface area contributed by atoms with Crippen molar-refractivity contribution in [3.63, 3.8) is 0 Å². The lowest BCUT2D eigenvalue weighted by atomic mass is 9.92. The van der Waals surface area contributed by atoms with Crippen molar-refractivity contribution in [1.82, 2.24) is 14.5 Å². The van der Waals surface area contributed by atoms with E-state index in [9.17, 15) is 14.7 Å². The molecule has 3 aromatic rings. The van der Waals surface area contributed by atoms with Crippen molar-refractivity contribution in [2.45, 2.75) is 37.8 Å². The Hall–Kier alpha value is -2.60. The predicted molar refractivity (Wildman–Crippen MR) is 90.2 cm³/mol. The number of aliphatic hydroxyl groups is 1. The monoisotopic (exact) mass is 323 g/mol. The number of carbonyl (C=O) groups is 1. The molecule has 2 heterocycles. The Morgan fingerprint density at radius 2 is 2.04 bits per heavy atom. The molecule has 1 N–H and O–H groups in total. The van der Waals surface area contributed by atoms with Crippen molar-refractivity contribution in [1.29, 1.82) is 0 Å². The number of pyridine rings is 1. The number of hydrogen-bond donors (Lipinski definition) is 1. The average Bonchev–Trinajstić information content (AvgIpc) is 2.62. The zero-order valence-corrected chi connectivity index (χ0v) is 13.1. The number of aromatic nitrogens is 3. The van der Waals surface area contributed by atoms with E-state index in [1.807, 2.05) is 0 Å². The van der Waals surface area contributed by atoms with Crippen LogP contribution in [0.1, 0.15) is 42.1 Å². The van der Waals surface area contributed by atoms with Gasteiger partial charge in [0.1, 0.15) is 0 Å². The van der Waals surface area contributed by atoms with E-state index >= 15 is 0 Å². The van der Waals surface area contributed by atoms with Gasteiger partial charge in [0.05, 0.1) is 29.4 Å². The number of aliphatic hydroxyl groups excluding tert-OH is 1. The van der Waals surface area contributed by atoms with E-state index in [0.29, 0.717) is 28.3 Å². The summed E-state index contributed by atoms with van der Waals surface area (Å²) in [5.41, 5.74) is 0.767. The summed E-state index contributed by atoms with van der Waals surface area (Å²) in [4.78, 5) is 32.9. The van der Waals surface area contributed by atoms with Crippen molar-refractivity contribution in [2.24, 2.45) is 0 Å². The third-order valence-corrected chi connectivity index (χ3v) is 4.90. The molecule has 2 atom stereocenters. The predicted octanol–water partition coefficient (Wildman–Crippen LogP) is 2.23. The minimum absolute atomic E-state index is 0.215. The number of aldehydes is 1. The highest BCUT2D eigenvalue weighted by Crippen LogP contribution is 2.29. The normalized spacial score (nSPS) is 21.2. The second-order valence-corrected chi connectivity index (χ2v) is 6.28. The van der Waals surface area contributed by atoms with Crippen molar-refractivity contribution in [3.05, 3.63) is 46.8 Å². The van der Waals surface area contributed by atoms with Crippen molar-refractivity contribution in [3.8, 4) is 0 Å². The van der Waals surface area contributed by atoms with Gasteiger partial charge >= 0.3 is 0 Å². The SMILES string of the molecule is O=Cc1cc2c(=O)n([C@H]3CCCC[C@@H]3O)cnc2c2ccncc12. The van der Waals surface area contributed by atoms with Gasteiger partial charge in [-0.15, -0.1) is 0 Å². The topological polar surface area (TPSA) is 85.1 Å². The lowest BCUT2D eigenvalue weighted by Crippen LogP contribution is -2.34. The Morgan fingerprint density at radius 3 is 2.83 bits per heavy atom. The summed E-state index contributed by atoms with van der Waals surface area (Å²) in [5.74, 6) is 0. The molecular weight excluding hydrogens is 306 g/mol. The summed E-state index contributed by atoms with van der Waals surface area (Å²) in [6, 6.07) is 3.08. The van der Waals surface area contributed by atoms with Crippen molar-refractivity contribution in [2.75, 3.05) is 0 Å². The second-order valence-electron chi connectivity index (χ2n) is 6.28. The molecule has 1 saturated carbocycles. The molecule has 4 rings (SSSR count). The lowest BCUT2D eigenvalue weighted by Gasteiger charge is -2.29. The Kier molecular flexibility index (Phi) is 3.61. The molecule has 0 saturated heterocycles.